The molecule has 12 heteroatoms. The number of thiocarbonyl (C=S) groups is 2. The van der Waals surface area contributed by atoms with Gasteiger partial charge in [-0.05, 0) is 64.2 Å². The molecule has 4 aliphatic rings. The number of nitrogens with zero attached hydrogens (tertiary/aromatic N) is 4. The first-order valence-corrected chi connectivity index (χ1v) is 17.1. The van der Waals surface area contributed by atoms with Crippen LogP contribution >= 0.6 is 48.0 Å². The van der Waals surface area contributed by atoms with Gasteiger partial charge in [0, 0.05) is 51.1 Å². The molecule has 0 aromatic carbocycles. The van der Waals surface area contributed by atoms with Gasteiger partial charge in [-0.15, -0.1) is 0 Å². The predicted molar refractivity (Wildman–Crippen MR) is 169 cm³/mol. The van der Waals surface area contributed by atoms with Crippen molar-refractivity contribution in [3.05, 3.63) is 9.81 Å². The molecule has 4 rings (SSSR count). The van der Waals surface area contributed by atoms with Crippen molar-refractivity contribution in [2.24, 2.45) is 0 Å². The van der Waals surface area contributed by atoms with E-state index in [2.05, 4.69) is 13.8 Å². The summed E-state index contributed by atoms with van der Waals surface area (Å²) in [5.74, 6) is -0.305. The Labute approximate surface area is 257 Å². The van der Waals surface area contributed by atoms with Crippen LogP contribution in [0.2, 0.25) is 0 Å². The maximum absolute atomic E-state index is 13.3. The smallest absolute Gasteiger partial charge is 0.267 e. The zero-order valence-electron chi connectivity index (χ0n) is 23.5. The average molecular weight is 625 g/mol. The lowest BCUT2D eigenvalue weighted by atomic mass is 9.99. The van der Waals surface area contributed by atoms with Gasteiger partial charge in [0.1, 0.15) is 8.64 Å². The van der Waals surface area contributed by atoms with Crippen LogP contribution in [0.1, 0.15) is 90.9 Å². The van der Waals surface area contributed by atoms with E-state index in [1.807, 2.05) is 9.80 Å². The molecule has 0 unspecified atom stereocenters. The molecule has 0 aliphatic carbocycles. The summed E-state index contributed by atoms with van der Waals surface area (Å²) in [6, 6.07) is 0.631. The van der Waals surface area contributed by atoms with Gasteiger partial charge in [0.25, 0.3) is 11.8 Å². The Kier molecular flexibility index (Phi) is 11.5. The molecule has 220 valence electrons. The minimum Gasteiger partial charge on any atom is -0.340 e. The Bertz CT molecular complexity index is 999. The SMILES string of the molecule is CC[C@H]1CCCCN1C(=O)CCCN1C(=O)/C(=C2\SC(=S)N(CCCC(=O)N3CCCC[C@@H]3CC)C2=O)SC1=S. The van der Waals surface area contributed by atoms with Gasteiger partial charge in [-0.2, -0.15) is 0 Å². The van der Waals surface area contributed by atoms with Crippen molar-refractivity contribution in [3.63, 3.8) is 0 Å². The quantitative estimate of drug-likeness (QED) is 0.247. The minimum absolute atomic E-state index is 0.141. The van der Waals surface area contributed by atoms with Crippen molar-refractivity contribution in [3.8, 4) is 0 Å². The van der Waals surface area contributed by atoms with Crippen molar-refractivity contribution in [2.45, 2.75) is 103 Å². The van der Waals surface area contributed by atoms with E-state index in [9.17, 15) is 19.2 Å². The molecule has 0 aromatic rings. The van der Waals surface area contributed by atoms with E-state index in [4.69, 9.17) is 24.4 Å². The lowest BCUT2D eigenvalue weighted by molar-refractivity contribution is -0.136. The van der Waals surface area contributed by atoms with Crippen LogP contribution in [-0.2, 0) is 19.2 Å². The van der Waals surface area contributed by atoms with Gasteiger partial charge in [-0.25, -0.2) is 0 Å². The first-order chi connectivity index (χ1) is 19.3. The third-order valence-electron chi connectivity index (χ3n) is 8.29. The largest absolute Gasteiger partial charge is 0.340 e. The molecule has 8 nitrogen and oxygen atoms in total. The average Bonchev–Trinajstić information content (AvgIpc) is 3.41. The fourth-order valence-corrected chi connectivity index (χ4v) is 8.80. The highest BCUT2D eigenvalue weighted by Gasteiger charge is 2.42. The van der Waals surface area contributed by atoms with Crippen LogP contribution in [0.15, 0.2) is 9.81 Å². The standard InChI is InChI=1S/C28H40N4O4S4/c1-3-19-11-5-7-15-29(19)21(33)13-9-17-31-25(35)23(39-27(31)37)24-26(36)32(28(38)40-24)18-10-14-22(34)30-16-8-6-12-20(30)4-2/h19-20H,3-18H2,1-2H3/b24-23+/t19-,20-/m0/s1. The molecular formula is C28H40N4O4S4. The Balaban J connectivity index is 1.29. The van der Waals surface area contributed by atoms with Crippen molar-refractivity contribution >= 4 is 80.2 Å². The molecule has 0 N–H and O–H groups in total. The lowest BCUT2D eigenvalue weighted by Gasteiger charge is -2.35. The van der Waals surface area contributed by atoms with E-state index in [1.165, 1.54) is 22.6 Å². The molecule has 4 saturated heterocycles. The van der Waals surface area contributed by atoms with Crippen LogP contribution in [-0.4, -0.2) is 90.1 Å². The van der Waals surface area contributed by atoms with E-state index in [-0.39, 0.29) is 23.6 Å². The van der Waals surface area contributed by atoms with Gasteiger partial charge in [0.05, 0.1) is 9.81 Å². The second kappa shape index (κ2) is 14.6. The number of hydrogen-bond acceptors (Lipinski definition) is 8. The van der Waals surface area contributed by atoms with E-state index in [0.717, 1.165) is 75.1 Å². The summed E-state index contributed by atoms with van der Waals surface area (Å²) < 4.78 is 0.805. The summed E-state index contributed by atoms with van der Waals surface area (Å²) in [5.41, 5.74) is 0. The summed E-state index contributed by atoms with van der Waals surface area (Å²) >= 11 is 13.2. The first-order valence-electron chi connectivity index (χ1n) is 14.7. The van der Waals surface area contributed by atoms with Gasteiger partial charge in [-0.3, -0.25) is 29.0 Å². The first kappa shape index (κ1) is 31.4. The number of rotatable bonds is 10. The van der Waals surface area contributed by atoms with Crippen LogP contribution < -0.4 is 0 Å². The minimum atomic E-state index is -0.293. The molecular weight excluding hydrogens is 585 g/mol. The highest BCUT2D eigenvalue weighted by Crippen LogP contribution is 2.42. The van der Waals surface area contributed by atoms with Gasteiger partial charge < -0.3 is 9.80 Å². The van der Waals surface area contributed by atoms with Crippen LogP contribution in [0, 0.1) is 0 Å². The Hall–Kier alpha value is -1.50. The molecule has 4 amide bonds. The number of amides is 4. The van der Waals surface area contributed by atoms with Gasteiger partial charge in [0.2, 0.25) is 11.8 Å². The third-order valence-corrected chi connectivity index (χ3v) is 11.3. The number of piperidine rings is 2. The van der Waals surface area contributed by atoms with Crippen LogP contribution in [0.5, 0.6) is 0 Å². The molecule has 4 aliphatic heterocycles. The number of carbonyl (C=O) groups is 4. The second-order valence-corrected chi connectivity index (χ2v) is 14.1. The summed E-state index contributed by atoms with van der Waals surface area (Å²) in [6.45, 7) is 6.56. The monoisotopic (exact) mass is 624 g/mol. The topological polar surface area (TPSA) is 81.2 Å². The summed E-state index contributed by atoms with van der Waals surface area (Å²) in [6.07, 6.45) is 10.3. The zero-order chi connectivity index (χ0) is 28.8. The molecule has 0 spiro atoms. The van der Waals surface area contributed by atoms with Crippen molar-refractivity contribution in [1.29, 1.82) is 0 Å². The van der Waals surface area contributed by atoms with Crippen molar-refractivity contribution < 1.29 is 19.2 Å². The van der Waals surface area contributed by atoms with Crippen LogP contribution in [0.4, 0.5) is 0 Å². The molecule has 0 saturated carbocycles. The number of thioether (sulfide) groups is 2. The third kappa shape index (κ3) is 7.10. The summed E-state index contributed by atoms with van der Waals surface area (Å²) in [5, 5.41) is 0. The Morgan fingerprint density at radius 3 is 1.50 bits per heavy atom. The highest BCUT2D eigenvalue weighted by atomic mass is 32.2. The molecule has 0 radical (unpaired) electrons. The lowest BCUT2D eigenvalue weighted by Crippen LogP contribution is -2.43. The highest BCUT2D eigenvalue weighted by molar-refractivity contribution is 8.29. The number of likely N-dealkylation sites (tertiary alicyclic amines) is 2. The fourth-order valence-electron chi connectivity index (χ4n) is 6.03. The van der Waals surface area contributed by atoms with E-state index >= 15 is 0 Å². The van der Waals surface area contributed by atoms with Gasteiger partial charge in [0.15, 0.2) is 0 Å². The summed E-state index contributed by atoms with van der Waals surface area (Å²) in [4.78, 5) is 59.8. The van der Waals surface area contributed by atoms with Gasteiger partial charge >= 0.3 is 0 Å². The molecule has 2 atom stereocenters. The molecule has 0 bridgehead atoms. The molecule has 4 heterocycles. The maximum atomic E-state index is 13.3. The van der Waals surface area contributed by atoms with Crippen LogP contribution in [0.25, 0.3) is 0 Å². The Morgan fingerprint density at radius 1 is 0.725 bits per heavy atom. The zero-order valence-corrected chi connectivity index (χ0v) is 26.8. The maximum Gasteiger partial charge on any atom is 0.267 e. The predicted octanol–water partition coefficient (Wildman–Crippen LogP) is 5.06. The molecule has 40 heavy (non-hydrogen) atoms. The van der Waals surface area contributed by atoms with E-state index in [1.54, 1.807) is 0 Å². The number of hydrogen-bond donors (Lipinski definition) is 0. The second-order valence-electron chi connectivity index (χ2n) is 10.8. The number of carbonyl (C=O) groups excluding carboxylic acids is 4. The van der Waals surface area contributed by atoms with Crippen molar-refractivity contribution in [1.82, 2.24) is 19.6 Å². The summed E-state index contributed by atoms with van der Waals surface area (Å²) in [7, 11) is 0. The van der Waals surface area contributed by atoms with Crippen LogP contribution in [0.3, 0.4) is 0 Å². The van der Waals surface area contributed by atoms with E-state index < -0.39 is 0 Å². The molecule has 0 aromatic heterocycles. The fraction of sp³-hybridized carbons (Fsp3) is 0.714. The van der Waals surface area contributed by atoms with Crippen molar-refractivity contribution in [2.75, 3.05) is 26.2 Å². The normalized spacial score (nSPS) is 25.9. The molecule has 4 fully saturated rings. The van der Waals surface area contributed by atoms with E-state index in [0.29, 0.717) is 69.3 Å². The van der Waals surface area contributed by atoms with Gasteiger partial charge in [-0.1, -0.05) is 61.8 Å². The Morgan fingerprint density at radius 2 is 1.12 bits per heavy atom.